The topological polar surface area (TPSA) is 65.0 Å². The van der Waals surface area contributed by atoms with Crippen LogP contribution in [-0.4, -0.2) is 33.2 Å². The standard InChI is InChI=1S/C14H24O3Si.HO2S2/c1-6-15-18(16-7-2,17-8-3)14-11-9-10-12(4)13(14)5;1-4(2)3/h9-11H,6-8H2,1-5H3;(H,1,2,3)/q;-1. The van der Waals surface area contributed by atoms with Gasteiger partial charge in [0.05, 0.1) is 0 Å². The van der Waals surface area contributed by atoms with E-state index in [2.05, 4.69) is 37.2 Å². The van der Waals surface area contributed by atoms with Crippen LogP contribution in [0.1, 0.15) is 31.9 Å². The van der Waals surface area contributed by atoms with Crippen molar-refractivity contribution in [3.05, 3.63) is 29.3 Å². The van der Waals surface area contributed by atoms with Gasteiger partial charge in [0.25, 0.3) is 0 Å². The van der Waals surface area contributed by atoms with Crippen molar-refractivity contribution < 1.29 is 22.0 Å². The smallest absolute Gasteiger partial charge is 0.459 e. The third-order valence-corrected chi connectivity index (χ3v) is 6.15. The van der Waals surface area contributed by atoms with Crippen molar-refractivity contribution >= 4 is 34.8 Å². The second kappa shape index (κ2) is 11.2. The van der Waals surface area contributed by atoms with E-state index in [1.807, 2.05) is 26.8 Å². The van der Waals surface area contributed by atoms with E-state index < -0.39 is 18.4 Å². The van der Waals surface area contributed by atoms with E-state index in [0.29, 0.717) is 19.8 Å². The third-order valence-electron chi connectivity index (χ3n) is 2.94. The van der Waals surface area contributed by atoms with Gasteiger partial charge in [-0.1, -0.05) is 27.8 Å². The average molecular weight is 366 g/mol. The average Bonchev–Trinajstić information content (AvgIpc) is 2.42. The molecule has 0 aromatic heterocycles. The molecule has 0 unspecified atom stereocenters. The van der Waals surface area contributed by atoms with Gasteiger partial charge in [0, 0.05) is 25.0 Å². The SMILES string of the molecule is CCO[Si](OCC)(OCC)c1cccc(C)c1C.O=[S-](O)=S. The number of benzene rings is 1. The van der Waals surface area contributed by atoms with Gasteiger partial charge in [0.1, 0.15) is 0 Å². The molecule has 0 bridgehead atoms. The summed E-state index contributed by atoms with van der Waals surface area (Å²) in [5.41, 5.74) is 2.45. The number of hydrogen-bond acceptors (Lipinski definition) is 6. The summed E-state index contributed by atoms with van der Waals surface area (Å²) >= 11 is 3.65. The molecule has 0 aliphatic carbocycles. The van der Waals surface area contributed by atoms with Crippen LogP contribution in [0, 0.1) is 13.8 Å². The fourth-order valence-electron chi connectivity index (χ4n) is 2.01. The van der Waals surface area contributed by atoms with Crippen molar-refractivity contribution in [2.75, 3.05) is 19.8 Å². The summed E-state index contributed by atoms with van der Waals surface area (Å²) in [6, 6.07) is 6.20. The molecule has 22 heavy (non-hydrogen) atoms. The Balaban J connectivity index is 0.000000980. The van der Waals surface area contributed by atoms with Crippen LogP contribution < -0.4 is 5.19 Å². The maximum absolute atomic E-state index is 8.93. The molecule has 8 heteroatoms. The molecular formula is C14H25O5S2Si-. The lowest BCUT2D eigenvalue weighted by Gasteiger charge is -2.30. The monoisotopic (exact) mass is 365 g/mol. The van der Waals surface area contributed by atoms with E-state index in [0.717, 1.165) is 5.19 Å². The molecule has 1 rings (SSSR count). The van der Waals surface area contributed by atoms with Crippen molar-refractivity contribution in [3.8, 4) is 0 Å². The van der Waals surface area contributed by atoms with Gasteiger partial charge < -0.3 is 22.0 Å². The van der Waals surface area contributed by atoms with Gasteiger partial charge in [0.2, 0.25) is 0 Å². The Morgan fingerprint density at radius 2 is 1.50 bits per heavy atom. The van der Waals surface area contributed by atoms with E-state index >= 15 is 0 Å². The highest BCUT2D eigenvalue weighted by atomic mass is 32.8. The third kappa shape index (κ3) is 6.82. The first kappa shape index (κ1) is 21.6. The summed E-state index contributed by atoms with van der Waals surface area (Å²) in [5.74, 6) is 0. The van der Waals surface area contributed by atoms with Gasteiger partial charge in [-0.2, -0.15) is 0 Å². The quantitative estimate of drug-likeness (QED) is 0.455. The van der Waals surface area contributed by atoms with Crippen molar-refractivity contribution in [2.45, 2.75) is 34.6 Å². The minimum Gasteiger partial charge on any atom is -0.459 e. The molecule has 0 saturated heterocycles. The van der Waals surface area contributed by atoms with E-state index in [1.54, 1.807) is 0 Å². The summed E-state index contributed by atoms with van der Waals surface area (Å²) < 4.78 is 34.0. The Bertz CT molecular complexity index is 495. The van der Waals surface area contributed by atoms with Crippen LogP contribution >= 0.6 is 0 Å². The maximum Gasteiger partial charge on any atom is 0.537 e. The molecule has 128 valence electrons. The van der Waals surface area contributed by atoms with Gasteiger partial charge >= 0.3 is 8.80 Å². The van der Waals surface area contributed by atoms with E-state index in [9.17, 15) is 0 Å². The first-order chi connectivity index (χ1) is 10.3. The zero-order valence-electron chi connectivity index (χ0n) is 13.8. The zero-order chi connectivity index (χ0) is 17.2. The zero-order valence-corrected chi connectivity index (χ0v) is 16.4. The van der Waals surface area contributed by atoms with Crippen LogP contribution in [0.5, 0.6) is 0 Å². The first-order valence-electron chi connectivity index (χ1n) is 7.11. The molecule has 0 fully saturated rings. The highest BCUT2D eigenvalue weighted by Crippen LogP contribution is 2.15. The predicted octanol–water partition coefficient (Wildman–Crippen LogP) is 2.44. The van der Waals surface area contributed by atoms with Crippen molar-refractivity contribution in [3.63, 3.8) is 0 Å². The summed E-state index contributed by atoms with van der Waals surface area (Å²) in [6.07, 6.45) is 0. The molecule has 0 heterocycles. The largest absolute Gasteiger partial charge is 0.537 e. The Kier molecular flexibility index (Phi) is 11.0. The Hall–Kier alpha value is -0.353. The second-order valence-electron chi connectivity index (χ2n) is 4.32. The highest BCUT2D eigenvalue weighted by molar-refractivity contribution is 8.18. The summed E-state index contributed by atoms with van der Waals surface area (Å²) in [4.78, 5) is 0. The van der Waals surface area contributed by atoms with E-state index in [4.69, 9.17) is 22.0 Å². The fraction of sp³-hybridized carbons (Fsp3) is 0.571. The van der Waals surface area contributed by atoms with Crippen molar-refractivity contribution in [1.29, 1.82) is 0 Å². The molecule has 0 spiro atoms. The molecule has 5 nitrogen and oxygen atoms in total. The summed E-state index contributed by atoms with van der Waals surface area (Å²) in [7, 11) is -4.78. The van der Waals surface area contributed by atoms with Crippen LogP contribution in [0.4, 0.5) is 0 Å². The lowest BCUT2D eigenvalue weighted by molar-refractivity contribution is 0.0858. The molecular weight excluding hydrogens is 340 g/mol. The first-order valence-corrected chi connectivity index (χ1v) is 10.9. The number of rotatable bonds is 7. The lowest BCUT2D eigenvalue weighted by Crippen LogP contribution is -2.58. The van der Waals surface area contributed by atoms with Crippen LogP contribution in [0.3, 0.4) is 0 Å². The number of hydrogen-bond donors (Lipinski definition) is 1. The molecule has 1 N–H and O–H groups in total. The normalized spacial score (nSPS) is 11.2. The lowest BCUT2D eigenvalue weighted by atomic mass is 10.1. The predicted molar refractivity (Wildman–Crippen MR) is 94.2 cm³/mol. The summed E-state index contributed by atoms with van der Waals surface area (Å²) in [5, 5.41) is 1.09. The van der Waals surface area contributed by atoms with Crippen LogP contribution in [0.25, 0.3) is 0 Å². The molecule has 0 aliphatic rings. The van der Waals surface area contributed by atoms with E-state index in [1.165, 1.54) is 11.1 Å². The molecule has 0 aliphatic heterocycles. The minimum absolute atomic E-state index is 0.597. The fourth-order valence-corrected chi connectivity index (χ4v) is 4.82. The van der Waals surface area contributed by atoms with Gasteiger partial charge in [-0.25, -0.2) is 11.2 Å². The van der Waals surface area contributed by atoms with Crippen LogP contribution in [0.15, 0.2) is 18.2 Å². The molecule has 0 atom stereocenters. The van der Waals surface area contributed by atoms with Gasteiger partial charge in [-0.3, -0.25) is 0 Å². The van der Waals surface area contributed by atoms with Crippen LogP contribution in [-0.2, 0) is 38.3 Å². The Morgan fingerprint density at radius 3 is 1.86 bits per heavy atom. The Labute approximate surface area is 140 Å². The summed E-state index contributed by atoms with van der Waals surface area (Å²) in [6.45, 7) is 11.9. The van der Waals surface area contributed by atoms with Crippen LogP contribution in [0.2, 0.25) is 0 Å². The molecule has 1 aromatic rings. The van der Waals surface area contributed by atoms with Crippen molar-refractivity contribution in [2.24, 2.45) is 0 Å². The van der Waals surface area contributed by atoms with Gasteiger partial charge in [0.15, 0.2) is 0 Å². The maximum atomic E-state index is 8.93. The minimum atomic E-state index is -2.75. The van der Waals surface area contributed by atoms with E-state index in [-0.39, 0.29) is 0 Å². The van der Waals surface area contributed by atoms with Gasteiger partial charge in [-0.15, -0.1) is 0 Å². The Morgan fingerprint density at radius 1 is 1.09 bits per heavy atom. The highest BCUT2D eigenvalue weighted by Gasteiger charge is 2.44. The van der Waals surface area contributed by atoms with Gasteiger partial charge in [-0.05, 0) is 45.7 Å². The molecule has 0 radical (unpaired) electrons. The second-order valence-corrected chi connectivity index (χ2v) is 8.13. The number of aryl methyl sites for hydroxylation is 1. The molecule has 1 aromatic carbocycles. The molecule has 0 amide bonds. The van der Waals surface area contributed by atoms with Crippen molar-refractivity contribution in [1.82, 2.24) is 0 Å². The molecule has 0 saturated carbocycles.